The predicted octanol–water partition coefficient (Wildman–Crippen LogP) is 3.11. The highest BCUT2D eigenvalue weighted by Gasteiger charge is 2.12. The van der Waals surface area contributed by atoms with Gasteiger partial charge < -0.3 is 5.73 Å². The van der Waals surface area contributed by atoms with Gasteiger partial charge in [0.2, 0.25) is 0 Å². The molecule has 0 aliphatic carbocycles. The van der Waals surface area contributed by atoms with Crippen LogP contribution in [0.3, 0.4) is 0 Å². The average molecular weight is 255 g/mol. The molecule has 0 saturated heterocycles. The molecule has 0 radical (unpaired) electrons. The molecule has 84 valence electrons. The second-order valence-electron chi connectivity index (χ2n) is 3.21. The summed E-state index contributed by atoms with van der Waals surface area (Å²) in [6, 6.07) is 6.47. The molecule has 3 nitrogen and oxygen atoms in total. The van der Waals surface area contributed by atoms with Crippen molar-refractivity contribution in [2.24, 2.45) is 0 Å². The summed E-state index contributed by atoms with van der Waals surface area (Å²) in [4.78, 5) is 4.96. The molecule has 0 aliphatic heterocycles. The maximum absolute atomic E-state index is 13.0. The first-order valence-electron chi connectivity index (χ1n) is 4.66. The van der Waals surface area contributed by atoms with Crippen LogP contribution in [0.5, 0.6) is 0 Å². The molecular formula is C10H10FN3S2. The van der Waals surface area contributed by atoms with Gasteiger partial charge in [-0.15, -0.1) is 11.8 Å². The number of halogens is 1. The van der Waals surface area contributed by atoms with Crippen LogP contribution >= 0.6 is 23.3 Å². The van der Waals surface area contributed by atoms with E-state index in [1.165, 1.54) is 35.4 Å². The summed E-state index contributed by atoms with van der Waals surface area (Å²) >= 11 is 2.69. The molecule has 1 aromatic heterocycles. The molecule has 2 rings (SSSR count). The largest absolute Gasteiger partial charge is 0.374 e. The molecule has 0 spiro atoms. The van der Waals surface area contributed by atoms with E-state index >= 15 is 0 Å². The zero-order chi connectivity index (χ0) is 11.5. The molecule has 1 heterocycles. The number of hydrogen-bond acceptors (Lipinski definition) is 5. The van der Waals surface area contributed by atoms with Crippen LogP contribution in [0.2, 0.25) is 0 Å². The highest BCUT2D eigenvalue weighted by molar-refractivity contribution is 7.99. The Bertz CT molecular complexity index is 486. The molecule has 2 aromatic rings. The predicted molar refractivity (Wildman–Crippen MR) is 65.0 cm³/mol. The Labute approximate surface area is 101 Å². The summed E-state index contributed by atoms with van der Waals surface area (Å²) in [7, 11) is 0. The van der Waals surface area contributed by atoms with Crippen LogP contribution < -0.4 is 5.73 Å². The first kappa shape index (κ1) is 11.3. The maximum atomic E-state index is 13.0. The van der Waals surface area contributed by atoms with E-state index in [2.05, 4.69) is 9.36 Å². The van der Waals surface area contributed by atoms with Gasteiger partial charge in [0.25, 0.3) is 0 Å². The number of nitrogen functional groups attached to an aromatic ring is 1. The van der Waals surface area contributed by atoms with E-state index in [1.54, 1.807) is 6.07 Å². The minimum absolute atomic E-state index is 0.0651. The Morgan fingerprint density at radius 2 is 2.31 bits per heavy atom. The monoisotopic (exact) mass is 255 g/mol. The minimum atomic E-state index is -0.233. The summed E-state index contributed by atoms with van der Waals surface area (Å²) in [5.41, 5.74) is 5.51. The van der Waals surface area contributed by atoms with E-state index < -0.39 is 0 Å². The number of nitrogens with two attached hydrogens (primary N) is 1. The van der Waals surface area contributed by atoms with Crippen molar-refractivity contribution >= 4 is 28.4 Å². The van der Waals surface area contributed by atoms with Crippen molar-refractivity contribution in [3.8, 4) is 0 Å². The summed E-state index contributed by atoms with van der Waals surface area (Å²) in [5, 5.41) is 0.525. The quantitative estimate of drug-likeness (QED) is 0.856. The second kappa shape index (κ2) is 4.80. The molecular weight excluding hydrogens is 245 g/mol. The van der Waals surface area contributed by atoms with Gasteiger partial charge in [-0.1, -0.05) is 6.07 Å². The number of aromatic nitrogens is 2. The standard InChI is InChI=1S/C10H10FN3S2/c1-6(9-13-10(12)16-14-9)15-8-4-2-3-7(11)5-8/h2-6H,1H3,(H2,12,13,14). The molecule has 1 aromatic carbocycles. The number of anilines is 1. The van der Waals surface area contributed by atoms with Crippen LogP contribution in [-0.4, -0.2) is 9.36 Å². The SMILES string of the molecule is CC(Sc1cccc(F)c1)c1nsc(N)n1. The third-order valence-corrected chi connectivity index (χ3v) is 3.58. The number of rotatable bonds is 3. The number of hydrogen-bond donors (Lipinski definition) is 1. The molecule has 0 amide bonds. The van der Waals surface area contributed by atoms with Crippen molar-refractivity contribution in [3.63, 3.8) is 0 Å². The lowest BCUT2D eigenvalue weighted by molar-refractivity contribution is 0.624. The zero-order valence-electron chi connectivity index (χ0n) is 8.55. The van der Waals surface area contributed by atoms with Crippen LogP contribution in [-0.2, 0) is 0 Å². The van der Waals surface area contributed by atoms with Crippen molar-refractivity contribution in [3.05, 3.63) is 35.9 Å². The van der Waals surface area contributed by atoms with E-state index in [1.807, 2.05) is 13.0 Å². The van der Waals surface area contributed by atoms with Crippen molar-refractivity contribution in [2.45, 2.75) is 17.1 Å². The van der Waals surface area contributed by atoms with Crippen LogP contribution in [0.4, 0.5) is 9.52 Å². The van der Waals surface area contributed by atoms with E-state index in [-0.39, 0.29) is 11.1 Å². The van der Waals surface area contributed by atoms with Crippen LogP contribution in [0, 0.1) is 5.82 Å². The molecule has 16 heavy (non-hydrogen) atoms. The number of thioether (sulfide) groups is 1. The molecule has 0 saturated carbocycles. The first-order chi connectivity index (χ1) is 7.65. The van der Waals surface area contributed by atoms with E-state index in [0.29, 0.717) is 11.0 Å². The lowest BCUT2D eigenvalue weighted by Crippen LogP contribution is -1.92. The van der Waals surface area contributed by atoms with Crippen LogP contribution in [0.1, 0.15) is 18.0 Å². The molecule has 0 bridgehead atoms. The topological polar surface area (TPSA) is 51.8 Å². The summed E-state index contributed by atoms with van der Waals surface area (Å²) in [6.07, 6.45) is 0. The third-order valence-electron chi connectivity index (χ3n) is 1.93. The summed E-state index contributed by atoms with van der Waals surface area (Å²) in [5.74, 6) is 0.458. The van der Waals surface area contributed by atoms with Crippen molar-refractivity contribution in [1.82, 2.24) is 9.36 Å². The van der Waals surface area contributed by atoms with Gasteiger partial charge in [-0.2, -0.15) is 4.37 Å². The van der Waals surface area contributed by atoms with Gasteiger partial charge in [0.1, 0.15) is 5.82 Å². The Balaban J connectivity index is 2.10. The van der Waals surface area contributed by atoms with Crippen molar-refractivity contribution in [1.29, 1.82) is 0 Å². The fourth-order valence-corrected chi connectivity index (χ4v) is 2.75. The highest BCUT2D eigenvalue weighted by Crippen LogP contribution is 2.34. The maximum Gasteiger partial charge on any atom is 0.199 e. The van der Waals surface area contributed by atoms with Gasteiger partial charge in [0.15, 0.2) is 11.0 Å². The smallest absolute Gasteiger partial charge is 0.199 e. The fraction of sp³-hybridized carbons (Fsp3) is 0.200. The van der Waals surface area contributed by atoms with Crippen molar-refractivity contribution < 1.29 is 4.39 Å². The molecule has 1 atom stereocenters. The molecule has 0 fully saturated rings. The zero-order valence-corrected chi connectivity index (χ0v) is 10.2. The second-order valence-corrected chi connectivity index (χ2v) is 5.41. The molecule has 0 aliphatic rings. The van der Waals surface area contributed by atoms with Gasteiger partial charge in [0.05, 0.1) is 5.25 Å². The Morgan fingerprint density at radius 1 is 1.50 bits per heavy atom. The normalized spacial score (nSPS) is 12.6. The number of benzene rings is 1. The third kappa shape index (κ3) is 2.70. The Morgan fingerprint density at radius 3 is 2.94 bits per heavy atom. The molecule has 6 heteroatoms. The van der Waals surface area contributed by atoms with Gasteiger partial charge >= 0.3 is 0 Å². The van der Waals surface area contributed by atoms with Crippen molar-refractivity contribution in [2.75, 3.05) is 5.73 Å². The van der Waals surface area contributed by atoms with E-state index in [0.717, 1.165) is 4.90 Å². The lowest BCUT2D eigenvalue weighted by atomic mass is 10.3. The van der Waals surface area contributed by atoms with Crippen LogP contribution in [0.15, 0.2) is 29.2 Å². The molecule has 2 N–H and O–H groups in total. The molecule has 1 unspecified atom stereocenters. The van der Waals surface area contributed by atoms with Gasteiger partial charge in [-0.05, 0) is 25.1 Å². The summed E-state index contributed by atoms with van der Waals surface area (Å²) < 4.78 is 17.1. The Kier molecular flexibility index (Phi) is 3.40. The van der Waals surface area contributed by atoms with E-state index in [4.69, 9.17) is 5.73 Å². The van der Waals surface area contributed by atoms with Crippen LogP contribution in [0.25, 0.3) is 0 Å². The van der Waals surface area contributed by atoms with E-state index in [9.17, 15) is 4.39 Å². The fourth-order valence-electron chi connectivity index (χ4n) is 1.21. The average Bonchev–Trinajstić information content (AvgIpc) is 2.65. The van der Waals surface area contributed by atoms with Gasteiger partial charge in [0, 0.05) is 16.4 Å². The minimum Gasteiger partial charge on any atom is -0.374 e. The van der Waals surface area contributed by atoms with Gasteiger partial charge in [-0.25, -0.2) is 9.37 Å². The Hall–Kier alpha value is -1.14. The number of nitrogens with zero attached hydrogens (tertiary/aromatic N) is 2. The lowest BCUT2D eigenvalue weighted by Gasteiger charge is -2.06. The first-order valence-corrected chi connectivity index (χ1v) is 6.32. The summed E-state index contributed by atoms with van der Waals surface area (Å²) in [6.45, 7) is 1.97. The highest BCUT2D eigenvalue weighted by atomic mass is 32.2. The van der Waals surface area contributed by atoms with Gasteiger partial charge in [-0.3, -0.25) is 0 Å².